The van der Waals surface area contributed by atoms with Crippen molar-refractivity contribution in [1.82, 2.24) is 0 Å². The van der Waals surface area contributed by atoms with E-state index in [1.54, 1.807) is 0 Å². The first-order valence-electron chi connectivity index (χ1n) is 6.45. The number of aliphatic hydroxyl groups excluding tert-OH is 1. The summed E-state index contributed by atoms with van der Waals surface area (Å²) in [5.41, 5.74) is -1.11. The molecule has 0 amide bonds. The fraction of sp³-hybridized carbons (Fsp3) is 1.00. The van der Waals surface area contributed by atoms with Gasteiger partial charge in [0, 0.05) is 30.3 Å². The van der Waals surface area contributed by atoms with Gasteiger partial charge in [0.1, 0.15) is 0 Å². The van der Waals surface area contributed by atoms with Crippen molar-refractivity contribution in [3.05, 3.63) is 0 Å². The first-order chi connectivity index (χ1) is 7.85. The molecule has 17 heavy (non-hydrogen) atoms. The molecule has 0 spiro atoms. The molecule has 0 aromatic rings. The lowest BCUT2D eigenvalue weighted by Gasteiger charge is -2.39. The van der Waals surface area contributed by atoms with Crippen LogP contribution in [0.3, 0.4) is 0 Å². The second-order valence-electron chi connectivity index (χ2n) is 6.14. The quantitative estimate of drug-likeness (QED) is 0.828. The van der Waals surface area contributed by atoms with Crippen LogP contribution in [0.4, 0.5) is 8.78 Å². The van der Waals surface area contributed by atoms with Crippen molar-refractivity contribution in [2.24, 2.45) is 10.8 Å². The van der Waals surface area contributed by atoms with Gasteiger partial charge in [-0.1, -0.05) is 6.42 Å². The van der Waals surface area contributed by atoms with Crippen LogP contribution >= 0.6 is 0 Å². The average Bonchev–Trinajstić information content (AvgIpc) is 2.63. The molecule has 2 fully saturated rings. The van der Waals surface area contributed by atoms with Crippen molar-refractivity contribution in [1.29, 1.82) is 0 Å². The molecular weight excluding hydrogens is 226 g/mol. The molecule has 0 aromatic heterocycles. The van der Waals surface area contributed by atoms with Crippen molar-refractivity contribution in [3.8, 4) is 0 Å². The molecular formula is C13H22F2O2. The predicted molar refractivity (Wildman–Crippen MR) is 61.1 cm³/mol. The number of alkyl halides is 2. The zero-order valence-corrected chi connectivity index (χ0v) is 10.6. The second kappa shape index (κ2) is 4.16. The van der Waals surface area contributed by atoms with E-state index >= 15 is 0 Å². The molecule has 2 atom stereocenters. The summed E-state index contributed by atoms with van der Waals surface area (Å²) in [7, 11) is 0. The van der Waals surface area contributed by atoms with Crippen LogP contribution < -0.4 is 0 Å². The maximum Gasteiger partial charge on any atom is 0.249 e. The van der Waals surface area contributed by atoms with E-state index in [4.69, 9.17) is 4.74 Å². The highest BCUT2D eigenvalue weighted by Crippen LogP contribution is 2.66. The number of fused-ring (bicyclic) bond motifs is 1. The highest BCUT2D eigenvalue weighted by Gasteiger charge is 2.66. The van der Waals surface area contributed by atoms with Gasteiger partial charge in [-0.25, -0.2) is 8.78 Å². The minimum Gasteiger partial charge on any atom is -0.396 e. The monoisotopic (exact) mass is 248 g/mol. The van der Waals surface area contributed by atoms with E-state index in [-0.39, 0.29) is 25.6 Å². The third-order valence-electron chi connectivity index (χ3n) is 4.63. The van der Waals surface area contributed by atoms with Crippen LogP contribution in [0.5, 0.6) is 0 Å². The summed E-state index contributed by atoms with van der Waals surface area (Å²) in [6.07, 6.45) is 2.16. The van der Waals surface area contributed by atoms with Crippen LogP contribution in [-0.2, 0) is 4.74 Å². The van der Waals surface area contributed by atoms with Crippen molar-refractivity contribution >= 4 is 0 Å². The number of hydrogen-bond acceptors (Lipinski definition) is 2. The molecule has 2 saturated carbocycles. The number of hydrogen-bond donors (Lipinski definition) is 1. The maximum absolute atomic E-state index is 13.7. The Hall–Kier alpha value is -0.220. The number of ether oxygens (including phenoxy) is 1. The lowest BCUT2D eigenvalue weighted by Crippen LogP contribution is -2.40. The van der Waals surface area contributed by atoms with E-state index < -0.39 is 16.8 Å². The average molecular weight is 248 g/mol. The third-order valence-corrected chi connectivity index (χ3v) is 4.63. The highest BCUT2D eigenvalue weighted by atomic mass is 19.3. The van der Waals surface area contributed by atoms with Crippen LogP contribution in [0, 0.1) is 10.8 Å². The van der Waals surface area contributed by atoms with Crippen LogP contribution in [-0.4, -0.2) is 30.3 Å². The van der Waals surface area contributed by atoms with Gasteiger partial charge >= 0.3 is 0 Å². The molecule has 2 nitrogen and oxygen atoms in total. The van der Waals surface area contributed by atoms with E-state index in [1.807, 2.05) is 13.8 Å². The maximum atomic E-state index is 13.7. The Kier molecular flexibility index (Phi) is 3.24. The standard InChI is InChI=1S/C13H22F2O2/c1-10(2)17-9-12-5-3-4-11(12,8-16)6-13(14,15)7-12/h10,16H,3-9H2,1-2H3. The summed E-state index contributed by atoms with van der Waals surface area (Å²) >= 11 is 0. The molecule has 4 heteroatoms. The smallest absolute Gasteiger partial charge is 0.249 e. The summed E-state index contributed by atoms with van der Waals surface area (Å²) < 4.78 is 33.0. The van der Waals surface area contributed by atoms with E-state index in [1.165, 1.54) is 0 Å². The molecule has 0 radical (unpaired) electrons. The first-order valence-corrected chi connectivity index (χ1v) is 6.45. The molecule has 2 aliphatic rings. The normalized spacial score (nSPS) is 39.9. The first kappa shape index (κ1) is 13.2. The minimum absolute atomic E-state index is 0.0515. The summed E-state index contributed by atoms with van der Waals surface area (Å²) in [6.45, 7) is 4.06. The zero-order valence-electron chi connectivity index (χ0n) is 10.6. The SMILES string of the molecule is CC(C)OCC12CCCC1(CO)CC(F)(F)C2. The van der Waals surface area contributed by atoms with Crippen LogP contribution in [0.15, 0.2) is 0 Å². The Bertz CT molecular complexity index is 293. The number of rotatable bonds is 4. The number of halogens is 2. The van der Waals surface area contributed by atoms with Gasteiger partial charge in [-0.05, 0) is 26.7 Å². The van der Waals surface area contributed by atoms with E-state index in [0.717, 1.165) is 12.8 Å². The summed E-state index contributed by atoms with van der Waals surface area (Å²) in [5, 5.41) is 9.60. The van der Waals surface area contributed by atoms with Gasteiger partial charge < -0.3 is 9.84 Å². The Balaban J connectivity index is 2.21. The zero-order chi connectivity index (χ0) is 12.7. The summed E-state index contributed by atoms with van der Waals surface area (Å²) in [5.74, 6) is -2.64. The highest BCUT2D eigenvalue weighted by molar-refractivity contribution is 5.11. The molecule has 0 aliphatic heterocycles. The minimum atomic E-state index is -2.64. The van der Waals surface area contributed by atoms with Crippen LogP contribution in [0.25, 0.3) is 0 Å². The molecule has 2 rings (SSSR count). The molecule has 100 valence electrons. The van der Waals surface area contributed by atoms with Crippen molar-refractivity contribution < 1.29 is 18.6 Å². The molecule has 0 bridgehead atoms. The van der Waals surface area contributed by atoms with Gasteiger partial charge in [-0.3, -0.25) is 0 Å². The lowest BCUT2D eigenvalue weighted by atomic mass is 9.69. The Morgan fingerprint density at radius 2 is 1.76 bits per heavy atom. The molecule has 1 N–H and O–H groups in total. The van der Waals surface area contributed by atoms with Gasteiger partial charge in [0.15, 0.2) is 0 Å². The Labute approximate surface area is 101 Å². The fourth-order valence-electron chi connectivity index (χ4n) is 3.81. The van der Waals surface area contributed by atoms with Crippen LogP contribution in [0.2, 0.25) is 0 Å². The largest absolute Gasteiger partial charge is 0.396 e. The van der Waals surface area contributed by atoms with Gasteiger partial charge in [0.05, 0.1) is 12.7 Å². The van der Waals surface area contributed by atoms with Gasteiger partial charge in [0.25, 0.3) is 0 Å². The van der Waals surface area contributed by atoms with E-state index in [2.05, 4.69) is 0 Å². The third kappa shape index (κ3) is 2.10. The summed E-state index contributed by atoms with van der Waals surface area (Å²) in [6, 6.07) is 0. The van der Waals surface area contributed by atoms with Crippen molar-refractivity contribution in [2.45, 2.75) is 58.0 Å². The van der Waals surface area contributed by atoms with Crippen LogP contribution in [0.1, 0.15) is 46.0 Å². The van der Waals surface area contributed by atoms with E-state index in [9.17, 15) is 13.9 Å². The molecule has 2 unspecified atom stereocenters. The fourth-order valence-corrected chi connectivity index (χ4v) is 3.81. The van der Waals surface area contributed by atoms with Gasteiger partial charge in [-0.15, -0.1) is 0 Å². The molecule has 2 aliphatic carbocycles. The van der Waals surface area contributed by atoms with Crippen molar-refractivity contribution in [2.75, 3.05) is 13.2 Å². The van der Waals surface area contributed by atoms with E-state index in [0.29, 0.717) is 13.0 Å². The molecule has 0 aromatic carbocycles. The van der Waals surface area contributed by atoms with Gasteiger partial charge in [-0.2, -0.15) is 0 Å². The topological polar surface area (TPSA) is 29.5 Å². The van der Waals surface area contributed by atoms with Crippen molar-refractivity contribution in [3.63, 3.8) is 0 Å². The second-order valence-corrected chi connectivity index (χ2v) is 6.14. The number of aliphatic hydroxyl groups is 1. The molecule has 0 heterocycles. The Morgan fingerprint density at radius 1 is 1.18 bits per heavy atom. The lowest BCUT2D eigenvalue weighted by molar-refractivity contribution is -0.0560. The Morgan fingerprint density at radius 3 is 2.35 bits per heavy atom. The van der Waals surface area contributed by atoms with Gasteiger partial charge in [0.2, 0.25) is 5.92 Å². The summed E-state index contributed by atoms with van der Waals surface area (Å²) in [4.78, 5) is 0. The predicted octanol–water partition coefficient (Wildman–Crippen LogP) is 2.99. The molecule has 0 saturated heterocycles.